The number of aromatic nitrogens is 1. The number of likely N-dealkylation sites (tertiary alicyclic amines) is 1. The Morgan fingerprint density at radius 1 is 1.31 bits per heavy atom. The van der Waals surface area contributed by atoms with Gasteiger partial charge in [-0.3, -0.25) is 9.78 Å². The lowest BCUT2D eigenvalue weighted by atomic mass is 9.98. The first-order valence-corrected chi connectivity index (χ1v) is 9.71. The third-order valence-electron chi connectivity index (χ3n) is 5.30. The molecule has 6 heteroatoms. The number of piperidine rings is 1. The molecule has 1 fully saturated rings. The maximum absolute atomic E-state index is 14.8. The number of amides is 1. The summed E-state index contributed by atoms with van der Waals surface area (Å²) in [6, 6.07) is 5.31. The van der Waals surface area contributed by atoms with E-state index in [1.807, 2.05) is 4.90 Å². The molecule has 0 saturated carbocycles. The Kier molecular flexibility index (Phi) is 5.97. The van der Waals surface area contributed by atoms with Crippen molar-refractivity contribution in [2.24, 2.45) is 5.92 Å². The molecule has 2 aromatic rings. The number of hydrogen-bond acceptors (Lipinski definition) is 3. The maximum atomic E-state index is 14.8. The molecule has 4 nitrogen and oxygen atoms in total. The van der Waals surface area contributed by atoms with E-state index in [0.29, 0.717) is 29.2 Å². The highest BCUT2D eigenvalue weighted by atomic mass is 35.5. The first-order chi connectivity index (χ1) is 12.5. The molecule has 3 rings (SSSR count). The smallest absolute Gasteiger partial charge is 0.225 e. The van der Waals surface area contributed by atoms with Gasteiger partial charge in [0.05, 0.1) is 10.7 Å². The fourth-order valence-electron chi connectivity index (χ4n) is 3.62. The number of carbonyl (C=O) groups is 1. The number of nitrogens with one attached hydrogen (secondary N) is 1. The molecule has 0 spiro atoms. The van der Waals surface area contributed by atoms with Crippen LogP contribution in [-0.4, -0.2) is 34.9 Å². The van der Waals surface area contributed by atoms with Gasteiger partial charge in [0.15, 0.2) is 5.82 Å². The van der Waals surface area contributed by atoms with E-state index in [9.17, 15) is 9.18 Å². The highest BCUT2D eigenvalue weighted by molar-refractivity contribution is 6.35. The van der Waals surface area contributed by atoms with Crippen molar-refractivity contribution in [2.75, 3.05) is 18.4 Å². The molecule has 0 aliphatic carbocycles. The number of hydrogen-bond donors (Lipinski definition) is 1. The first-order valence-electron chi connectivity index (χ1n) is 9.33. The van der Waals surface area contributed by atoms with Crippen LogP contribution in [0.25, 0.3) is 10.9 Å². The third kappa shape index (κ3) is 3.78. The Hall–Kier alpha value is -1.88. The van der Waals surface area contributed by atoms with Gasteiger partial charge in [0.25, 0.3) is 0 Å². The van der Waals surface area contributed by atoms with E-state index in [-0.39, 0.29) is 29.2 Å². The molecule has 1 aliphatic heterocycles. The van der Waals surface area contributed by atoms with Gasteiger partial charge in [-0.15, -0.1) is 0 Å². The predicted octanol–water partition coefficient (Wildman–Crippen LogP) is 4.87. The van der Waals surface area contributed by atoms with Crippen LogP contribution in [-0.2, 0) is 4.79 Å². The van der Waals surface area contributed by atoms with Gasteiger partial charge in [0.1, 0.15) is 5.52 Å². The van der Waals surface area contributed by atoms with Gasteiger partial charge in [0.2, 0.25) is 5.91 Å². The lowest BCUT2D eigenvalue weighted by Crippen LogP contribution is -2.44. The summed E-state index contributed by atoms with van der Waals surface area (Å²) in [6.07, 6.45) is 4.90. The molecule has 0 atom stereocenters. The summed E-state index contributed by atoms with van der Waals surface area (Å²) in [4.78, 5) is 18.6. The summed E-state index contributed by atoms with van der Waals surface area (Å²) >= 11 is 6.10. The molecule has 1 aromatic carbocycles. The van der Waals surface area contributed by atoms with E-state index in [1.165, 1.54) is 6.20 Å². The SMILES string of the molecule is CCC(CC)C(=O)N1CCC(Nc2ccc3c(Cl)ccnc3c2F)CC1. The van der Waals surface area contributed by atoms with Crippen LogP contribution in [0.2, 0.25) is 5.02 Å². The number of pyridine rings is 1. The van der Waals surface area contributed by atoms with Crippen LogP contribution in [0.4, 0.5) is 10.1 Å². The number of fused-ring (bicyclic) bond motifs is 1. The Balaban J connectivity index is 1.66. The fourth-order valence-corrected chi connectivity index (χ4v) is 3.83. The van der Waals surface area contributed by atoms with E-state index >= 15 is 0 Å². The Bertz CT molecular complexity index is 786. The van der Waals surface area contributed by atoms with Crippen molar-refractivity contribution in [3.8, 4) is 0 Å². The number of rotatable bonds is 5. The van der Waals surface area contributed by atoms with E-state index in [2.05, 4.69) is 24.1 Å². The molecule has 0 unspecified atom stereocenters. The van der Waals surface area contributed by atoms with Crippen molar-refractivity contribution in [1.29, 1.82) is 0 Å². The number of anilines is 1. The Morgan fingerprint density at radius 3 is 2.65 bits per heavy atom. The van der Waals surface area contributed by atoms with Crippen molar-refractivity contribution < 1.29 is 9.18 Å². The van der Waals surface area contributed by atoms with Gasteiger partial charge < -0.3 is 10.2 Å². The van der Waals surface area contributed by atoms with E-state index in [1.54, 1.807) is 18.2 Å². The zero-order chi connectivity index (χ0) is 18.7. The number of carbonyl (C=O) groups excluding carboxylic acids is 1. The molecule has 1 N–H and O–H groups in total. The van der Waals surface area contributed by atoms with Crippen LogP contribution in [0.15, 0.2) is 24.4 Å². The first kappa shape index (κ1) is 18.9. The summed E-state index contributed by atoms with van der Waals surface area (Å²) in [5, 5.41) is 4.39. The van der Waals surface area contributed by atoms with Crippen LogP contribution in [0, 0.1) is 11.7 Å². The third-order valence-corrected chi connectivity index (χ3v) is 5.63. The molecule has 26 heavy (non-hydrogen) atoms. The molecular formula is C20H25ClFN3O. The largest absolute Gasteiger partial charge is 0.380 e. The molecule has 0 radical (unpaired) electrons. The highest BCUT2D eigenvalue weighted by Crippen LogP contribution is 2.29. The lowest BCUT2D eigenvalue weighted by molar-refractivity contribution is -0.136. The van der Waals surface area contributed by atoms with Gasteiger partial charge in [0, 0.05) is 36.6 Å². The average Bonchev–Trinajstić information content (AvgIpc) is 2.66. The summed E-state index contributed by atoms with van der Waals surface area (Å²) in [7, 11) is 0. The lowest BCUT2D eigenvalue weighted by Gasteiger charge is -2.34. The predicted molar refractivity (Wildman–Crippen MR) is 104 cm³/mol. The summed E-state index contributed by atoms with van der Waals surface area (Å²) in [6.45, 7) is 5.55. The van der Waals surface area contributed by atoms with Crippen LogP contribution in [0.1, 0.15) is 39.5 Å². The number of nitrogens with zero attached hydrogens (tertiary/aromatic N) is 2. The molecule has 1 aliphatic rings. The van der Waals surface area contributed by atoms with Gasteiger partial charge >= 0.3 is 0 Å². The molecule has 2 heterocycles. The second-order valence-corrected chi connectivity index (χ2v) is 7.28. The van der Waals surface area contributed by atoms with Crippen molar-refractivity contribution in [3.63, 3.8) is 0 Å². The Labute approximate surface area is 158 Å². The summed E-state index contributed by atoms with van der Waals surface area (Å²) in [5.41, 5.74) is 0.723. The summed E-state index contributed by atoms with van der Waals surface area (Å²) < 4.78 is 14.8. The van der Waals surface area contributed by atoms with Crippen molar-refractivity contribution in [2.45, 2.75) is 45.6 Å². The number of benzene rings is 1. The van der Waals surface area contributed by atoms with Gasteiger partial charge in [-0.1, -0.05) is 25.4 Å². The van der Waals surface area contributed by atoms with Crippen LogP contribution in [0.5, 0.6) is 0 Å². The molecule has 1 amide bonds. The van der Waals surface area contributed by atoms with Crippen molar-refractivity contribution in [1.82, 2.24) is 9.88 Å². The van der Waals surface area contributed by atoms with Crippen molar-refractivity contribution in [3.05, 3.63) is 35.2 Å². The van der Waals surface area contributed by atoms with Crippen LogP contribution in [0.3, 0.4) is 0 Å². The monoisotopic (exact) mass is 377 g/mol. The zero-order valence-electron chi connectivity index (χ0n) is 15.3. The fraction of sp³-hybridized carbons (Fsp3) is 0.500. The average molecular weight is 378 g/mol. The van der Waals surface area contributed by atoms with E-state index in [4.69, 9.17) is 11.6 Å². The van der Waals surface area contributed by atoms with Crippen LogP contribution < -0.4 is 5.32 Å². The highest BCUT2D eigenvalue weighted by Gasteiger charge is 2.27. The minimum Gasteiger partial charge on any atom is -0.380 e. The van der Waals surface area contributed by atoms with Gasteiger partial charge in [-0.2, -0.15) is 0 Å². The van der Waals surface area contributed by atoms with E-state index < -0.39 is 0 Å². The Morgan fingerprint density at radius 2 is 2.00 bits per heavy atom. The second-order valence-electron chi connectivity index (χ2n) is 6.87. The topological polar surface area (TPSA) is 45.2 Å². The van der Waals surface area contributed by atoms with E-state index in [0.717, 1.165) is 25.7 Å². The summed E-state index contributed by atoms with van der Waals surface area (Å²) in [5.74, 6) is -0.00187. The molecular weight excluding hydrogens is 353 g/mol. The molecule has 0 bridgehead atoms. The van der Waals surface area contributed by atoms with Gasteiger partial charge in [-0.25, -0.2) is 4.39 Å². The molecule has 140 valence electrons. The zero-order valence-corrected chi connectivity index (χ0v) is 16.0. The maximum Gasteiger partial charge on any atom is 0.225 e. The van der Waals surface area contributed by atoms with Gasteiger partial charge in [-0.05, 0) is 43.9 Å². The normalized spacial score (nSPS) is 15.7. The van der Waals surface area contributed by atoms with Crippen molar-refractivity contribution >= 4 is 34.1 Å². The minimum atomic E-state index is -0.375. The molecule has 1 saturated heterocycles. The number of halogens is 2. The second kappa shape index (κ2) is 8.21. The standard InChI is InChI=1S/C20H25ClFN3O/c1-3-13(4-2)20(26)25-11-8-14(9-12-25)24-17-6-5-15-16(21)7-10-23-19(15)18(17)22/h5-7,10,13-14,24H,3-4,8-9,11-12H2,1-2H3. The molecule has 1 aromatic heterocycles. The van der Waals surface area contributed by atoms with Crippen LogP contribution >= 0.6 is 11.6 Å². The quantitative estimate of drug-likeness (QED) is 0.808. The minimum absolute atomic E-state index is 0.119.